The summed E-state index contributed by atoms with van der Waals surface area (Å²) in [5.41, 5.74) is 1.33. The summed E-state index contributed by atoms with van der Waals surface area (Å²) in [6.45, 7) is 3.12. The zero-order valence-corrected chi connectivity index (χ0v) is 20.3. The molecule has 0 radical (unpaired) electrons. The van der Waals surface area contributed by atoms with Crippen LogP contribution in [-0.2, 0) is 0 Å². The van der Waals surface area contributed by atoms with Crippen molar-refractivity contribution in [2.45, 2.75) is 57.8 Å². The van der Waals surface area contributed by atoms with Gasteiger partial charge in [-0.1, -0.05) is 62.2 Å². The minimum Gasteiger partial charge on any atom is -0.434 e. The van der Waals surface area contributed by atoms with Crippen LogP contribution >= 0.6 is 11.8 Å². The number of Topliss-reactive ketones (excluding diaryl/α,β-unsaturated/α-hetero) is 1. The van der Waals surface area contributed by atoms with Crippen LogP contribution in [0.15, 0.2) is 52.4 Å². The van der Waals surface area contributed by atoms with Crippen molar-refractivity contribution in [3.05, 3.63) is 63.9 Å². The van der Waals surface area contributed by atoms with Crippen LogP contribution in [-0.4, -0.2) is 27.7 Å². The minimum atomic E-state index is -3.02. The standard InChI is InChI=1S/C26H28F2N2O3S/c1-15-11-12-23(33-25(27)28)19(13-15)22(31)14-34-26-29-20-9-5-4-8-18(20)24(32)30(26)21-10-6-7-16(2)17(21)3/h4-5,8-9,11-13,16-17,21,25H,6-7,10,14H2,1-3H3. The fraction of sp³-hybridized carbons (Fsp3) is 0.423. The Hall–Kier alpha value is -2.74. The highest BCUT2D eigenvalue weighted by molar-refractivity contribution is 7.99. The maximum atomic E-state index is 13.6. The highest BCUT2D eigenvalue weighted by Crippen LogP contribution is 2.39. The molecule has 1 heterocycles. The van der Waals surface area contributed by atoms with Gasteiger partial charge in [0.15, 0.2) is 10.9 Å². The molecule has 0 N–H and O–H groups in total. The second kappa shape index (κ2) is 10.3. The molecule has 34 heavy (non-hydrogen) atoms. The monoisotopic (exact) mass is 486 g/mol. The highest BCUT2D eigenvalue weighted by Gasteiger charge is 2.31. The van der Waals surface area contributed by atoms with Gasteiger partial charge in [-0.2, -0.15) is 8.78 Å². The number of alkyl halides is 2. The quantitative estimate of drug-likeness (QED) is 0.223. The molecule has 3 atom stereocenters. The summed E-state index contributed by atoms with van der Waals surface area (Å²) < 4.78 is 32.0. The third kappa shape index (κ3) is 5.02. The van der Waals surface area contributed by atoms with E-state index in [0.29, 0.717) is 22.0 Å². The van der Waals surface area contributed by atoms with Crippen LogP contribution in [0.3, 0.4) is 0 Å². The summed E-state index contributed by atoms with van der Waals surface area (Å²) >= 11 is 1.17. The lowest BCUT2D eigenvalue weighted by molar-refractivity contribution is -0.0501. The van der Waals surface area contributed by atoms with Gasteiger partial charge in [0.25, 0.3) is 5.56 Å². The summed E-state index contributed by atoms with van der Waals surface area (Å²) in [5.74, 6) is 0.197. The SMILES string of the molecule is Cc1ccc(OC(F)F)c(C(=O)CSc2nc3ccccc3c(=O)n2C2CCCC(C)C2C)c1. The lowest BCUT2D eigenvalue weighted by Gasteiger charge is -2.36. The van der Waals surface area contributed by atoms with Gasteiger partial charge in [0, 0.05) is 6.04 Å². The van der Waals surface area contributed by atoms with Gasteiger partial charge in [-0.3, -0.25) is 14.2 Å². The van der Waals surface area contributed by atoms with Gasteiger partial charge in [-0.15, -0.1) is 0 Å². The third-order valence-corrected chi connectivity index (χ3v) is 7.71. The van der Waals surface area contributed by atoms with E-state index in [0.717, 1.165) is 24.8 Å². The Balaban J connectivity index is 1.70. The Bertz CT molecular complexity index is 1260. The fourth-order valence-electron chi connectivity index (χ4n) is 4.71. The van der Waals surface area contributed by atoms with Crippen LogP contribution in [0.5, 0.6) is 5.75 Å². The molecule has 1 aromatic heterocycles. The summed E-state index contributed by atoms with van der Waals surface area (Å²) in [6, 6.07) is 11.7. The van der Waals surface area contributed by atoms with Gasteiger partial charge < -0.3 is 4.74 Å². The third-order valence-electron chi connectivity index (χ3n) is 6.75. The number of thioether (sulfide) groups is 1. The predicted molar refractivity (Wildman–Crippen MR) is 130 cm³/mol. The van der Waals surface area contributed by atoms with Crippen molar-refractivity contribution >= 4 is 28.4 Å². The zero-order valence-electron chi connectivity index (χ0n) is 19.5. The number of hydrogen-bond donors (Lipinski definition) is 0. The predicted octanol–water partition coefficient (Wildman–Crippen LogP) is 6.28. The van der Waals surface area contributed by atoms with Crippen molar-refractivity contribution in [1.29, 1.82) is 0 Å². The Kier molecular flexibility index (Phi) is 7.36. The maximum absolute atomic E-state index is 13.6. The van der Waals surface area contributed by atoms with Gasteiger partial charge in [-0.05, 0) is 49.4 Å². The molecule has 0 spiro atoms. The summed E-state index contributed by atoms with van der Waals surface area (Å²) in [7, 11) is 0. The molecule has 0 saturated heterocycles. The lowest BCUT2D eigenvalue weighted by atomic mass is 9.78. The molecule has 5 nitrogen and oxygen atoms in total. The van der Waals surface area contributed by atoms with E-state index in [9.17, 15) is 18.4 Å². The molecule has 180 valence electrons. The van der Waals surface area contributed by atoms with E-state index in [1.54, 1.807) is 35.8 Å². The van der Waals surface area contributed by atoms with Gasteiger partial charge in [-0.25, -0.2) is 4.98 Å². The van der Waals surface area contributed by atoms with Gasteiger partial charge in [0.1, 0.15) is 5.75 Å². The average Bonchev–Trinajstić information content (AvgIpc) is 2.81. The molecule has 4 rings (SSSR count). The van der Waals surface area contributed by atoms with Crippen LogP contribution in [0.1, 0.15) is 55.1 Å². The van der Waals surface area contributed by atoms with Crippen LogP contribution in [0.25, 0.3) is 10.9 Å². The van der Waals surface area contributed by atoms with Gasteiger partial charge >= 0.3 is 6.61 Å². The number of nitrogens with zero attached hydrogens (tertiary/aromatic N) is 2. The van der Waals surface area contributed by atoms with Gasteiger partial charge in [0.2, 0.25) is 0 Å². The first-order valence-electron chi connectivity index (χ1n) is 11.5. The van der Waals surface area contributed by atoms with Crippen molar-refractivity contribution in [3.8, 4) is 5.75 Å². The van der Waals surface area contributed by atoms with Crippen molar-refractivity contribution in [1.82, 2.24) is 9.55 Å². The van der Waals surface area contributed by atoms with Crippen LogP contribution in [0, 0.1) is 18.8 Å². The van der Waals surface area contributed by atoms with Crippen molar-refractivity contribution in [2.24, 2.45) is 11.8 Å². The van der Waals surface area contributed by atoms with E-state index < -0.39 is 6.61 Å². The molecule has 1 aliphatic carbocycles. The molecule has 0 amide bonds. The second-order valence-corrected chi connectivity index (χ2v) is 9.95. The largest absolute Gasteiger partial charge is 0.434 e. The fourth-order valence-corrected chi connectivity index (χ4v) is 5.64. The Morgan fingerprint density at radius 3 is 2.74 bits per heavy atom. The molecule has 3 aromatic rings. The molecule has 0 bridgehead atoms. The molecule has 2 aromatic carbocycles. The first-order valence-corrected chi connectivity index (χ1v) is 12.5. The number of rotatable bonds is 7. The molecule has 1 saturated carbocycles. The van der Waals surface area contributed by atoms with E-state index >= 15 is 0 Å². The topological polar surface area (TPSA) is 61.2 Å². The van der Waals surface area contributed by atoms with Crippen LogP contribution < -0.4 is 10.3 Å². The summed E-state index contributed by atoms with van der Waals surface area (Å²) in [5, 5.41) is 1.03. The molecule has 3 unspecified atom stereocenters. The van der Waals surface area contributed by atoms with E-state index in [2.05, 4.69) is 18.6 Å². The van der Waals surface area contributed by atoms with Gasteiger partial charge in [0.05, 0.1) is 22.2 Å². The molecular formula is C26H28F2N2O3S. The minimum absolute atomic E-state index is 0.0114. The molecule has 0 aliphatic heterocycles. The maximum Gasteiger partial charge on any atom is 0.387 e. The number of aromatic nitrogens is 2. The Morgan fingerprint density at radius 1 is 1.21 bits per heavy atom. The zero-order chi connectivity index (χ0) is 24.4. The molecule has 8 heteroatoms. The highest BCUT2D eigenvalue weighted by atomic mass is 32.2. The Labute approximate surface area is 201 Å². The number of carbonyl (C=O) groups is 1. The first-order chi connectivity index (χ1) is 16.3. The summed E-state index contributed by atoms with van der Waals surface area (Å²) in [6.07, 6.45) is 3.02. The molecular weight excluding hydrogens is 458 g/mol. The smallest absolute Gasteiger partial charge is 0.387 e. The van der Waals surface area contributed by atoms with Crippen molar-refractivity contribution in [3.63, 3.8) is 0 Å². The number of hydrogen-bond acceptors (Lipinski definition) is 5. The van der Waals surface area contributed by atoms with E-state index in [1.165, 1.54) is 17.8 Å². The number of carbonyl (C=O) groups excluding carboxylic acids is 1. The van der Waals surface area contributed by atoms with E-state index in [4.69, 9.17) is 4.98 Å². The van der Waals surface area contributed by atoms with E-state index in [-0.39, 0.29) is 40.4 Å². The first kappa shape index (κ1) is 24.4. The molecule has 1 aliphatic rings. The number of benzene rings is 2. The Morgan fingerprint density at radius 2 is 1.97 bits per heavy atom. The van der Waals surface area contributed by atoms with Crippen molar-refractivity contribution < 1.29 is 18.3 Å². The molecule has 1 fully saturated rings. The van der Waals surface area contributed by atoms with E-state index in [1.807, 2.05) is 12.1 Å². The average molecular weight is 487 g/mol. The second-order valence-electron chi connectivity index (χ2n) is 9.01. The van der Waals surface area contributed by atoms with Crippen molar-refractivity contribution in [2.75, 3.05) is 5.75 Å². The van der Waals surface area contributed by atoms with Crippen LogP contribution in [0.2, 0.25) is 0 Å². The normalized spacial score (nSPS) is 20.6. The number of fused-ring (bicyclic) bond motifs is 1. The number of para-hydroxylation sites is 1. The van der Waals surface area contributed by atoms with Crippen LogP contribution in [0.4, 0.5) is 8.78 Å². The lowest BCUT2D eigenvalue weighted by Crippen LogP contribution is -2.35. The summed E-state index contributed by atoms with van der Waals surface area (Å²) in [4.78, 5) is 31.4. The number of halogens is 2. The number of ketones is 1. The number of aryl methyl sites for hydroxylation is 1. The number of ether oxygens (including phenoxy) is 1.